The maximum atomic E-state index is 11.8. The van der Waals surface area contributed by atoms with E-state index >= 15 is 0 Å². The van der Waals surface area contributed by atoms with E-state index in [-0.39, 0.29) is 11.3 Å². The molecule has 1 amide bonds. The second-order valence-corrected chi connectivity index (χ2v) is 5.23. The summed E-state index contributed by atoms with van der Waals surface area (Å²) < 4.78 is 4.92. The van der Waals surface area contributed by atoms with Crippen molar-refractivity contribution in [1.29, 1.82) is 0 Å². The first-order valence-corrected chi connectivity index (χ1v) is 6.34. The fraction of sp³-hybridized carbons (Fsp3) is 0.545. The zero-order chi connectivity index (χ0) is 12.0. The van der Waals surface area contributed by atoms with Crippen molar-refractivity contribution in [3.8, 4) is 0 Å². The number of nitrogens with zero attached hydrogens (tertiary/aromatic N) is 1. The Balaban J connectivity index is 2.36. The van der Waals surface area contributed by atoms with Gasteiger partial charge >= 0.3 is 0 Å². The molecule has 0 radical (unpaired) electrons. The Morgan fingerprint density at radius 3 is 3.00 bits per heavy atom. The third-order valence-electron chi connectivity index (χ3n) is 2.15. The average molecular weight is 262 g/mol. The average Bonchev–Trinajstić information content (AvgIpc) is 2.70. The highest BCUT2D eigenvalue weighted by Crippen LogP contribution is 2.10. The fourth-order valence-corrected chi connectivity index (χ4v) is 2.36. The van der Waals surface area contributed by atoms with Crippen LogP contribution in [0.5, 0.6) is 0 Å². The summed E-state index contributed by atoms with van der Waals surface area (Å²) in [4.78, 5) is 14.5. The van der Waals surface area contributed by atoms with Crippen molar-refractivity contribution in [1.82, 2.24) is 4.90 Å². The number of ether oxygens (including phenoxy) is 1. The minimum Gasteiger partial charge on any atom is -0.383 e. The Kier molecular flexibility index (Phi) is 5.80. The Morgan fingerprint density at radius 2 is 2.44 bits per heavy atom. The van der Waals surface area contributed by atoms with Gasteiger partial charge in [0.05, 0.1) is 18.4 Å². The molecule has 1 heterocycles. The standard InChI is InChI=1S/C11H16ClNO2S/c1-13(7-9(12)8-15-2)11(14)6-10-4-3-5-16-10/h3-5,9H,6-8H2,1-2H3. The van der Waals surface area contributed by atoms with Crippen LogP contribution in [0.25, 0.3) is 0 Å². The first kappa shape index (κ1) is 13.5. The van der Waals surface area contributed by atoms with E-state index < -0.39 is 0 Å². The molecule has 0 aliphatic carbocycles. The van der Waals surface area contributed by atoms with Crippen LogP contribution in [0.2, 0.25) is 0 Å². The summed E-state index contributed by atoms with van der Waals surface area (Å²) in [5, 5.41) is 1.82. The van der Waals surface area contributed by atoms with Crippen LogP contribution in [0.15, 0.2) is 17.5 Å². The highest BCUT2D eigenvalue weighted by Gasteiger charge is 2.14. The normalized spacial score (nSPS) is 12.4. The Bertz CT molecular complexity index is 316. The monoisotopic (exact) mass is 261 g/mol. The number of carbonyl (C=O) groups excluding carboxylic acids is 1. The molecule has 0 saturated carbocycles. The Hall–Kier alpha value is -0.580. The van der Waals surface area contributed by atoms with E-state index in [0.29, 0.717) is 19.6 Å². The van der Waals surface area contributed by atoms with E-state index in [4.69, 9.17) is 16.3 Å². The maximum absolute atomic E-state index is 11.8. The van der Waals surface area contributed by atoms with E-state index in [1.54, 1.807) is 30.4 Å². The second-order valence-electron chi connectivity index (χ2n) is 3.58. The van der Waals surface area contributed by atoms with Crippen LogP contribution in [-0.4, -0.2) is 43.5 Å². The molecule has 5 heteroatoms. The zero-order valence-corrected chi connectivity index (χ0v) is 11.1. The van der Waals surface area contributed by atoms with Gasteiger partial charge in [-0.3, -0.25) is 4.79 Å². The van der Waals surface area contributed by atoms with E-state index in [0.717, 1.165) is 4.88 Å². The Morgan fingerprint density at radius 1 is 1.69 bits per heavy atom. The summed E-state index contributed by atoms with van der Waals surface area (Å²) in [6.07, 6.45) is 0.449. The molecule has 1 aromatic rings. The first-order chi connectivity index (χ1) is 7.63. The molecule has 1 atom stereocenters. The second kappa shape index (κ2) is 6.89. The molecule has 1 rings (SSSR count). The first-order valence-electron chi connectivity index (χ1n) is 5.03. The maximum Gasteiger partial charge on any atom is 0.227 e. The van der Waals surface area contributed by atoms with Crippen molar-refractivity contribution in [2.24, 2.45) is 0 Å². The predicted octanol–water partition coefficient (Wildman–Crippen LogP) is 2.00. The zero-order valence-electron chi connectivity index (χ0n) is 9.48. The van der Waals surface area contributed by atoms with Crippen molar-refractivity contribution in [2.75, 3.05) is 27.3 Å². The molecular formula is C11H16ClNO2S. The lowest BCUT2D eigenvalue weighted by Gasteiger charge is -2.19. The third-order valence-corrected chi connectivity index (χ3v) is 3.29. The highest BCUT2D eigenvalue weighted by molar-refractivity contribution is 7.10. The summed E-state index contributed by atoms with van der Waals surface area (Å²) in [6.45, 7) is 0.970. The van der Waals surface area contributed by atoms with Gasteiger partial charge in [0.15, 0.2) is 0 Å². The van der Waals surface area contributed by atoms with Gasteiger partial charge in [0.25, 0.3) is 0 Å². The number of rotatable bonds is 6. The van der Waals surface area contributed by atoms with Gasteiger partial charge in [-0.15, -0.1) is 22.9 Å². The number of thiophene rings is 1. The molecule has 0 aliphatic heterocycles. The van der Waals surface area contributed by atoms with E-state index in [1.807, 2.05) is 17.5 Å². The van der Waals surface area contributed by atoms with Crippen LogP contribution < -0.4 is 0 Å². The number of alkyl halides is 1. The van der Waals surface area contributed by atoms with Crippen LogP contribution in [0.1, 0.15) is 4.88 Å². The topological polar surface area (TPSA) is 29.5 Å². The number of methoxy groups -OCH3 is 1. The van der Waals surface area contributed by atoms with Crippen molar-refractivity contribution < 1.29 is 9.53 Å². The lowest BCUT2D eigenvalue weighted by molar-refractivity contribution is -0.129. The van der Waals surface area contributed by atoms with Gasteiger partial charge in [-0.1, -0.05) is 6.07 Å². The minimum atomic E-state index is -0.151. The summed E-state index contributed by atoms with van der Waals surface area (Å²) in [6, 6.07) is 3.91. The lowest BCUT2D eigenvalue weighted by Crippen LogP contribution is -2.34. The molecule has 0 aliphatic rings. The molecule has 0 bridgehead atoms. The van der Waals surface area contributed by atoms with Gasteiger partial charge in [-0.25, -0.2) is 0 Å². The smallest absolute Gasteiger partial charge is 0.227 e. The van der Waals surface area contributed by atoms with Crippen LogP contribution in [0.4, 0.5) is 0 Å². The molecule has 3 nitrogen and oxygen atoms in total. The van der Waals surface area contributed by atoms with Gasteiger partial charge < -0.3 is 9.64 Å². The number of likely N-dealkylation sites (N-methyl/N-ethyl adjacent to an activating group) is 1. The van der Waals surface area contributed by atoms with Crippen molar-refractivity contribution in [2.45, 2.75) is 11.8 Å². The summed E-state index contributed by atoms with van der Waals surface area (Å²) >= 11 is 7.58. The number of hydrogen-bond acceptors (Lipinski definition) is 3. The molecule has 0 N–H and O–H groups in total. The molecule has 1 unspecified atom stereocenters. The number of amides is 1. The third kappa shape index (κ3) is 4.51. The van der Waals surface area contributed by atoms with Crippen LogP contribution in [0, 0.1) is 0 Å². The number of hydrogen-bond donors (Lipinski definition) is 0. The van der Waals surface area contributed by atoms with Crippen LogP contribution in [0.3, 0.4) is 0 Å². The van der Waals surface area contributed by atoms with Gasteiger partial charge in [-0.2, -0.15) is 0 Å². The molecule has 90 valence electrons. The van der Waals surface area contributed by atoms with Gasteiger partial charge in [0, 0.05) is 25.6 Å². The van der Waals surface area contributed by atoms with Crippen molar-refractivity contribution >= 4 is 28.8 Å². The quantitative estimate of drug-likeness (QED) is 0.733. The van der Waals surface area contributed by atoms with Crippen molar-refractivity contribution in [3.05, 3.63) is 22.4 Å². The molecule has 0 saturated heterocycles. The van der Waals surface area contributed by atoms with Crippen LogP contribution >= 0.6 is 22.9 Å². The molecular weight excluding hydrogens is 246 g/mol. The predicted molar refractivity (Wildman–Crippen MR) is 67.2 cm³/mol. The lowest BCUT2D eigenvalue weighted by atomic mass is 10.3. The summed E-state index contributed by atoms with van der Waals surface area (Å²) in [5.41, 5.74) is 0. The summed E-state index contributed by atoms with van der Waals surface area (Å²) in [7, 11) is 3.36. The highest BCUT2D eigenvalue weighted by atomic mass is 35.5. The number of halogens is 1. The largest absolute Gasteiger partial charge is 0.383 e. The molecule has 0 spiro atoms. The van der Waals surface area contributed by atoms with Gasteiger partial charge in [0.2, 0.25) is 5.91 Å². The van der Waals surface area contributed by atoms with E-state index in [9.17, 15) is 4.79 Å². The van der Waals surface area contributed by atoms with E-state index in [2.05, 4.69) is 0 Å². The molecule has 0 fully saturated rings. The number of carbonyl (C=O) groups is 1. The Labute approximate surface area is 105 Å². The van der Waals surface area contributed by atoms with Crippen molar-refractivity contribution in [3.63, 3.8) is 0 Å². The fourth-order valence-electron chi connectivity index (χ4n) is 1.33. The van der Waals surface area contributed by atoms with E-state index in [1.165, 1.54) is 0 Å². The molecule has 0 aromatic carbocycles. The summed E-state index contributed by atoms with van der Waals surface area (Å²) in [5.74, 6) is 0.0872. The van der Waals surface area contributed by atoms with Gasteiger partial charge in [-0.05, 0) is 11.4 Å². The van der Waals surface area contributed by atoms with Crippen LogP contribution in [-0.2, 0) is 16.0 Å². The molecule has 1 aromatic heterocycles. The molecule has 16 heavy (non-hydrogen) atoms. The SMILES string of the molecule is COCC(Cl)CN(C)C(=O)Cc1cccs1. The van der Waals surface area contributed by atoms with Gasteiger partial charge in [0.1, 0.15) is 0 Å². The minimum absolute atomic E-state index is 0.0872.